The van der Waals surface area contributed by atoms with Gasteiger partial charge in [0.15, 0.2) is 0 Å². The Bertz CT molecular complexity index is 208. The van der Waals surface area contributed by atoms with Gasteiger partial charge in [0.1, 0.15) is 0 Å². The second kappa shape index (κ2) is 14.2. The smallest absolute Gasteiger partial charge is 0.219 e. The number of hydrogen-bond acceptors (Lipinski definition) is 2. The highest BCUT2D eigenvalue weighted by atomic mass is 16.5. The van der Waals surface area contributed by atoms with Crippen molar-refractivity contribution in [2.45, 2.75) is 57.8 Å². The summed E-state index contributed by atoms with van der Waals surface area (Å²) in [5.74, 6) is 0.118. The van der Waals surface area contributed by atoms with Crippen LogP contribution in [-0.2, 0) is 4.79 Å². The lowest BCUT2D eigenvalue weighted by molar-refractivity contribution is -0.588. The summed E-state index contributed by atoms with van der Waals surface area (Å²) in [5, 5.41) is 12.9. The van der Waals surface area contributed by atoms with Gasteiger partial charge in [0.2, 0.25) is 5.91 Å². The summed E-state index contributed by atoms with van der Waals surface area (Å²) in [6, 6.07) is 0. The number of rotatable bonds is 13. The molecule has 0 aromatic carbocycles. The zero-order chi connectivity index (χ0) is 13.5. The minimum atomic E-state index is 0.118. The summed E-state index contributed by atoms with van der Waals surface area (Å²) in [6.07, 6.45) is 11.5. The summed E-state index contributed by atoms with van der Waals surface area (Å²) in [7, 11) is 0. The lowest BCUT2D eigenvalue weighted by Gasteiger charge is -2.05. The van der Waals surface area contributed by atoms with E-state index >= 15 is 0 Å². The van der Waals surface area contributed by atoms with Crippen LogP contribution < -0.4 is 10.8 Å². The number of amides is 1. The summed E-state index contributed by atoms with van der Waals surface area (Å²) < 4.78 is 0. The average Bonchev–Trinajstić information content (AvgIpc) is 2.38. The first-order valence-electron chi connectivity index (χ1n) is 7.12. The summed E-state index contributed by atoms with van der Waals surface area (Å²) >= 11 is 0. The van der Waals surface area contributed by atoms with Gasteiger partial charge in [0.05, 0.1) is 6.54 Å². The second-order valence-corrected chi connectivity index (χ2v) is 4.61. The van der Waals surface area contributed by atoms with Crippen LogP contribution in [0.2, 0.25) is 0 Å². The first-order chi connectivity index (χ1) is 8.81. The third-order valence-corrected chi connectivity index (χ3v) is 2.88. The quantitative estimate of drug-likeness (QED) is 0.300. The number of nitrogens with one attached hydrogen (secondary N) is 1. The summed E-state index contributed by atoms with van der Waals surface area (Å²) in [4.78, 5) is 11.4. The Hall–Kier alpha value is -0.870. The standard InChI is InChI=1S/C14H28N2O2/c1-2-3-4-5-6-7-8-9-11-14(17)15-12-10-13-16-18/h2H,1,3-13,16H2,(H,15,17). The fourth-order valence-electron chi connectivity index (χ4n) is 1.78. The monoisotopic (exact) mass is 256 g/mol. The molecular weight excluding hydrogens is 228 g/mol. The molecule has 4 nitrogen and oxygen atoms in total. The Morgan fingerprint density at radius 3 is 2.44 bits per heavy atom. The summed E-state index contributed by atoms with van der Waals surface area (Å²) in [6.45, 7) is 4.86. The lowest BCUT2D eigenvalue weighted by atomic mass is 10.1. The third kappa shape index (κ3) is 13.2. The van der Waals surface area contributed by atoms with E-state index in [2.05, 4.69) is 11.9 Å². The van der Waals surface area contributed by atoms with E-state index in [9.17, 15) is 10.0 Å². The van der Waals surface area contributed by atoms with Gasteiger partial charge in [0, 0.05) is 19.4 Å². The second-order valence-electron chi connectivity index (χ2n) is 4.61. The molecule has 4 heteroatoms. The zero-order valence-electron chi connectivity index (χ0n) is 11.5. The van der Waals surface area contributed by atoms with Crippen molar-refractivity contribution in [3.05, 3.63) is 17.9 Å². The van der Waals surface area contributed by atoms with Gasteiger partial charge in [-0.1, -0.05) is 31.8 Å². The van der Waals surface area contributed by atoms with Crippen molar-refractivity contribution in [2.24, 2.45) is 0 Å². The Labute approximate surface area is 111 Å². The molecule has 0 atom stereocenters. The molecule has 0 rings (SSSR count). The molecule has 1 amide bonds. The first kappa shape index (κ1) is 17.1. The third-order valence-electron chi connectivity index (χ3n) is 2.88. The van der Waals surface area contributed by atoms with Gasteiger partial charge in [-0.2, -0.15) is 0 Å². The van der Waals surface area contributed by atoms with E-state index in [0.717, 1.165) is 31.2 Å². The molecule has 0 bridgehead atoms. The van der Waals surface area contributed by atoms with Gasteiger partial charge in [-0.3, -0.25) is 4.79 Å². The molecule has 0 heterocycles. The molecule has 0 aliphatic rings. The molecule has 18 heavy (non-hydrogen) atoms. The van der Waals surface area contributed by atoms with E-state index in [0.29, 0.717) is 19.5 Å². The SMILES string of the molecule is C=CCCCCCCCCC(=O)NCCC[NH2+][O-]. The molecule has 0 saturated heterocycles. The average molecular weight is 256 g/mol. The highest BCUT2D eigenvalue weighted by Gasteiger charge is 2.00. The topological polar surface area (TPSA) is 68.8 Å². The van der Waals surface area contributed by atoms with E-state index in [4.69, 9.17) is 0 Å². The zero-order valence-corrected chi connectivity index (χ0v) is 11.5. The molecule has 0 aromatic rings. The fraction of sp³-hybridized carbons (Fsp3) is 0.786. The molecule has 106 valence electrons. The molecule has 0 unspecified atom stereocenters. The minimum absolute atomic E-state index is 0.118. The minimum Gasteiger partial charge on any atom is -0.636 e. The van der Waals surface area contributed by atoms with Gasteiger partial charge >= 0.3 is 0 Å². The van der Waals surface area contributed by atoms with Crippen molar-refractivity contribution < 1.29 is 10.3 Å². The molecule has 0 radical (unpaired) electrons. The molecule has 0 saturated carbocycles. The highest BCUT2D eigenvalue weighted by Crippen LogP contribution is 2.08. The van der Waals surface area contributed by atoms with Crippen molar-refractivity contribution in [1.29, 1.82) is 0 Å². The van der Waals surface area contributed by atoms with E-state index in [1.54, 1.807) is 0 Å². The van der Waals surface area contributed by atoms with Crippen molar-refractivity contribution in [3.63, 3.8) is 0 Å². The maximum absolute atomic E-state index is 11.4. The van der Waals surface area contributed by atoms with Crippen LogP contribution in [0.15, 0.2) is 12.7 Å². The maximum Gasteiger partial charge on any atom is 0.219 e. The van der Waals surface area contributed by atoms with Gasteiger partial charge in [0.25, 0.3) is 0 Å². The van der Waals surface area contributed by atoms with Crippen LogP contribution in [0, 0.1) is 5.21 Å². The Morgan fingerprint density at radius 2 is 1.78 bits per heavy atom. The maximum atomic E-state index is 11.4. The molecule has 0 aliphatic carbocycles. The van der Waals surface area contributed by atoms with Gasteiger partial charge in [-0.15, -0.1) is 6.58 Å². The predicted octanol–water partition coefficient (Wildman–Crippen LogP) is 1.86. The molecule has 0 spiro atoms. The Kier molecular flexibility index (Phi) is 13.5. The molecule has 0 fully saturated rings. The number of quaternary nitrogens is 1. The van der Waals surface area contributed by atoms with Crippen molar-refractivity contribution in [2.75, 3.05) is 13.1 Å². The van der Waals surface area contributed by atoms with E-state index in [-0.39, 0.29) is 5.91 Å². The largest absolute Gasteiger partial charge is 0.636 e. The number of carbonyl (C=O) groups excluding carboxylic acids is 1. The van der Waals surface area contributed by atoms with Crippen LogP contribution in [0.4, 0.5) is 0 Å². The lowest BCUT2D eigenvalue weighted by Crippen LogP contribution is -2.77. The number of nitrogens with two attached hydrogens (primary N) is 1. The number of carbonyl (C=O) groups is 1. The van der Waals surface area contributed by atoms with E-state index < -0.39 is 0 Å². The van der Waals surface area contributed by atoms with Crippen LogP contribution in [0.5, 0.6) is 0 Å². The molecule has 0 aliphatic heterocycles. The normalized spacial score (nSPS) is 10.3. The number of allylic oxidation sites excluding steroid dienone is 1. The van der Waals surface area contributed by atoms with Gasteiger partial charge in [-0.25, -0.2) is 0 Å². The fourth-order valence-corrected chi connectivity index (χ4v) is 1.78. The van der Waals surface area contributed by atoms with Crippen LogP contribution >= 0.6 is 0 Å². The molecular formula is C14H28N2O2. The summed E-state index contributed by atoms with van der Waals surface area (Å²) in [5.41, 5.74) is 0.887. The van der Waals surface area contributed by atoms with Crippen molar-refractivity contribution in [3.8, 4) is 0 Å². The van der Waals surface area contributed by atoms with E-state index in [1.807, 2.05) is 6.08 Å². The number of hydrogen-bond donors (Lipinski definition) is 2. The van der Waals surface area contributed by atoms with Gasteiger partial charge in [-0.05, 0) is 19.3 Å². The van der Waals surface area contributed by atoms with Crippen LogP contribution in [0.1, 0.15) is 57.8 Å². The van der Waals surface area contributed by atoms with Crippen LogP contribution in [-0.4, -0.2) is 19.0 Å². The van der Waals surface area contributed by atoms with Gasteiger partial charge < -0.3 is 16.0 Å². The highest BCUT2D eigenvalue weighted by molar-refractivity contribution is 5.75. The van der Waals surface area contributed by atoms with E-state index in [1.165, 1.54) is 25.7 Å². The molecule has 3 N–H and O–H groups in total. The number of hydroxylamine groups is 1. The first-order valence-corrected chi connectivity index (χ1v) is 7.12. The number of unbranched alkanes of at least 4 members (excludes halogenated alkanes) is 6. The van der Waals surface area contributed by atoms with Crippen LogP contribution in [0.3, 0.4) is 0 Å². The van der Waals surface area contributed by atoms with Crippen molar-refractivity contribution >= 4 is 5.91 Å². The van der Waals surface area contributed by atoms with Crippen molar-refractivity contribution in [1.82, 2.24) is 5.32 Å². The van der Waals surface area contributed by atoms with Crippen LogP contribution in [0.25, 0.3) is 0 Å². The predicted molar refractivity (Wildman–Crippen MR) is 74.9 cm³/mol. The Morgan fingerprint density at radius 1 is 1.11 bits per heavy atom. The Balaban J connectivity index is 3.12. The molecule has 0 aromatic heterocycles.